The number of thioether (sulfide) groups is 1. The molecule has 2 aromatic carbocycles. The van der Waals surface area contributed by atoms with Crippen molar-refractivity contribution in [1.29, 1.82) is 0 Å². The van der Waals surface area contributed by atoms with Gasteiger partial charge in [-0.1, -0.05) is 60.9 Å². The van der Waals surface area contributed by atoms with Crippen molar-refractivity contribution in [2.45, 2.75) is 42.9 Å². The van der Waals surface area contributed by atoms with Crippen LogP contribution in [0.25, 0.3) is 0 Å². The van der Waals surface area contributed by atoms with E-state index < -0.39 is 0 Å². The number of hydrogen-bond donors (Lipinski definition) is 1. The zero-order valence-corrected chi connectivity index (χ0v) is 15.1. The third kappa shape index (κ3) is 3.84. The molecule has 0 aromatic heterocycles. The van der Waals surface area contributed by atoms with E-state index in [9.17, 15) is 4.79 Å². The molecular weight excluding hydrogens is 314 g/mol. The highest BCUT2D eigenvalue weighted by atomic mass is 32.2. The Morgan fingerprint density at radius 2 is 1.71 bits per heavy atom. The fourth-order valence-corrected chi connectivity index (χ4v) is 4.29. The number of carbonyl (C=O) groups is 1. The van der Waals surface area contributed by atoms with Gasteiger partial charge in [0.1, 0.15) is 0 Å². The number of amides is 1. The minimum absolute atomic E-state index is 0.204. The summed E-state index contributed by atoms with van der Waals surface area (Å²) in [4.78, 5) is 14.2. The van der Waals surface area contributed by atoms with Crippen LogP contribution in [0.15, 0.2) is 59.5 Å². The number of aryl methyl sites for hydroxylation is 1. The van der Waals surface area contributed by atoms with Gasteiger partial charge in [-0.05, 0) is 37.5 Å². The molecule has 2 nitrogen and oxygen atoms in total. The summed E-state index contributed by atoms with van der Waals surface area (Å²) in [6.07, 6.45) is 4.21. The number of carbonyl (C=O) groups excluding carboxylic acids is 1. The topological polar surface area (TPSA) is 29.1 Å². The zero-order chi connectivity index (χ0) is 16.8. The van der Waals surface area contributed by atoms with Crippen molar-refractivity contribution in [2.24, 2.45) is 0 Å². The Hall–Kier alpha value is -1.74. The second kappa shape index (κ2) is 7.89. The minimum atomic E-state index is -0.310. The van der Waals surface area contributed by atoms with Crippen molar-refractivity contribution >= 4 is 17.7 Å². The van der Waals surface area contributed by atoms with E-state index in [-0.39, 0.29) is 11.3 Å². The largest absolute Gasteiger partial charge is 0.354 e. The van der Waals surface area contributed by atoms with Crippen molar-refractivity contribution in [1.82, 2.24) is 5.32 Å². The van der Waals surface area contributed by atoms with Gasteiger partial charge in [0.15, 0.2) is 0 Å². The predicted octanol–water partition coefficient (Wildman–Crippen LogP) is 4.72. The molecule has 0 spiro atoms. The number of benzene rings is 2. The molecule has 3 rings (SSSR count). The van der Waals surface area contributed by atoms with E-state index in [1.807, 2.05) is 18.2 Å². The molecule has 1 amide bonds. The number of hydrogen-bond acceptors (Lipinski definition) is 2. The maximum Gasteiger partial charge on any atom is 0.230 e. The van der Waals surface area contributed by atoms with Crippen LogP contribution in [-0.2, 0) is 10.2 Å². The summed E-state index contributed by atoms with van der Waals surface area (Å²) in [7, 11) is 0. The van der Waals surface area contributed by atoms with E-state index in [1.54, 1.807) is 11.8 Å². The van der Waals surface area contributed by atoms with Crippen LogP contribution in [0.3, 0.4) is 0 Å². The molecule has 1 fully saturated rings. The Bertz CT molecular complexity index is 660. The quantitative estimate of drug-likeness (QED) is 0.610. The van der Waals surface area contributed by atoms with Crippen LogP contribution in [0.4, 0.5) is 0 Å². The van der Waals surface area contributed by atoms with Gasteiger partial charge in [-0.15, -0.1) is 11.8 Å². The molecule has 24 heavy (non-hydrogen) atoms. The first-order valence-electron chi connectivity index (χ1n) is 8.74. The highest BCUT2D eigenvalue weighted by molar-refractivity contribution is 7.99. The molecule has 3 heteroatoms. The van der Waals surface area contributed by atoms with E-state index in [1.165, 1.54) is 16.0 Å². The molecule has 0 bridgehead atoms. The standard InChI is InChI=1S/C21H25NOS/c1-17-9-11-19(12-10-17)24-16-15-22-20(23)21(13-5-6-14-21)18-7-3-2-4-8-18/h2-4,7-12H,5-6,13-16H2,1H3,(H,22,23). The van der Waals surface area contributed by atoms with Gasteiger partial charge in [-0.2, -0.15) is 0 Å². The monoisotopic (exact) mass is 339 g/mol. The Morgan fingerprint density at radius 1 is 1.04 bits per heavy atom. The Morgan fingerprint density at radius 3 is 2.38 bits per heavy atom. The summed E-state index contributed by atoms with van der Waals surface area (Å²) < 4.78 is 0. The molecule has 1 aliphatic carbocycles. The Balaban J connectivity index is 1.56. The summed E-state index contributed by atoms with van der Waals surface area (Å²) in [6, 6.07) is 18.8. The first-order valence-corrected chi connectivity index (χ1v) is 9.73. The van der Waals surface area contributed by atoms with E-state index >= 15 is 0 Å². The normalized spacial score (nSPS) is 16.0. The molecule has 2 aromatic rings. The number of nitrogens with one attached hydrogen (secondary N) is 1. The summed E-state index contributed by atoms with van der Waals surface area (Å²) >= 11 is 1.79. The fraction of sp³-hybridized carbons (Fsp3) is 0.381. The molecule has 1 aliphatic rings. The first-order chi connectivity index (χ1) is 11.7. The molecule has 1 N–H and O–H groups in total. The summed E-state index contributed by atoms with van der Waals surface area (Å²) in [5, 5.41) is 3.19. The lowest BCUT2D eigenvalue weighted by atomic mass is 9.78. The van der Waals surface area contributed by atoms with Crippen LogP contribution in [0.1, 0.15) is 36.8 Å². The highest BCUT2D eigenvalue weighted by Crippen LogP contribution is 2.41. The van der Waals surface area contributed by atoms with Gasteiger partial charge in [0.25, 0.3) is 0 Å². The average Bonchev–Trinajstić information content (AvgIpc) is 3.12. The van der Waals surface area contributed by atoms with Crippen LogP contribution in [0.5, 0.6) is 0 Å². The Kier molecular flexibility index (Phi) is 5.62. The van der Waals surface area contributed by atoms with Gasteiger partial charge in [0.2, 0.25) is 5.91 Å². The third-order valence-corrected chi connectivity index (χ3v) is 5.91. The first kappa shape index (κ1) is 17.1. The van der Waals surface area contributed by atoms with Crippen LogP contribution < -0.4 is 5.32 Å². The van der Waals surface area contributed by atoms with Gasteiger partial charge in [-0.3, -0.25) is 4.79 Å². The van der Waals surface area contributed by atoms with Crippen molar-refractivity contribution < 1.29 is 4.79 Å². The predicted molar refractivity (Wildman–Crippen MR) is 102 cm³/mol. The molecule has 0 radical (unpaired) electrons. The van der Waals surface area contributed by atoms with Gasteiger partial charge >= 0.3 is 0 Å². The second-order valence-corrected chi connectivity index (χ2v) is 7.74. The molecule has 0 saturated heterocycles. The second-order valence-electron chi connectivity index (χ2n) is 6.57. The molecule has 0 unspecified atom stereocenters. The minimum Gasteiger partial charge on any atom is -0.354 e. The zero-order valence-electron chi connectivity index (χ0n) is 14.3. The van der Waals surface area contributed by atoms with E-state index in [0.29, 0.717) is 6.54 Å². The summed E-state index contributed by atoms with van der Waals surface area (Å²) in [6.45, 7) is 2.81. The van der Waals surface area contributed by atoms with Crippen molar-refractivity contribution in [2.75, 3.05) is 12.3 Å². The van der Waals surface area contributed by atoms with Crippen LogP contribution in [0, 0.1) is 6.92 Å². The molecule has 1 saturated carbocycles. The maximum atomic E-state index is 12.9. The van der Waals surface area contributed by atoms with E-state index in [2.05, 4.69) is 48.6 Å². The molecule has 0 atom stereocenters. The smallest absolute Gasteiger partial charge is 0.230 e. The molecule has 0 heterocycles. The number of rotatable bonds is 6. The highest BCUT2D eigenvalue weighted by Gasteiger charge is 2.42. The maximum absolute atomic E-state index is 12.9. The van der Waals surface area contributed by atoms with Crippen molar-refractivity contribution in [3.63, 3.8) is 0 Å². The van der Waals surface area contributed by atoms with Gasteiger partial charge in [0, 0.05) is 17.2 Å². The third-order valence-electron chi connectivity index (χ3n) is 4.90. The van der Waals surface area contributed by atoms with Gasteiger partial charge < -0.3 is 5.32 Å². The van der Waals surface area contributed by atoms with Gasteiger partial charge in [0.05, 0.1) is 5.41 Å². The lowest BCUT2D eigenvalue weighted by molar-refractivity contribution is -0.126. The van der Waals surface area contributed by atoms with Crippen LogP contribution in [-0.4, -0.2) is 18.2 Å². The lowest BCUT2D eigenvalue weighted by Gasteiger charge is -2.28. The van der Waals surface area contributed by atoms with Crippen LogP contribution >= 0.6 is 11.8 Å². The molecular formula is C21H25NOS. The molecule has 126 valence electrons. The van der Waals surface area contributed by atoms with Crippen LogP contribution in [0.2, 0.25) is 0 Å². The van der Waals surface area contributed by atoms with Crippen molar-refractivity contribution in [3.8, 4) is 0 Å². The Labute approximate surface area is 149 Å². The average molecular weight is 340 g/mol. The lowest BCUT2D eigenvalue weighted by Crippen LogP contribution is -2.43. The fourth-order valence-electron chi connectivity index (χ4n) is 3.52. The van der Waals surface area contributed by atoms with E-state index in [0.717, 1.165) is 31.4 Å². The van der Waals surface area contributed by atoms with E-state index in [4.69, 9.17) is 0 Å². The summed E-state index contributed by atoms with van der Waals surface area (Å²) in [5.74, 6) is 1.11. The molecule has 0 aliphatic heterocycles. The van der Waals surface area contributed by atoms with Crippen molar-refractivity contribution in [3.05, 3.63) is 65.7 Å². The summed E-state index contributed by atoms with van der Waals surface area (Å²) in [5.41, 5.74) is 2.14. The SMILES string of the molecule is Cc1ccc(SCCNC(=O)C2(c3ccccc3)CCCC2)cc1. The van der Waals surface area contributed by atoms with Gasteiger partial charge in [-0.25, -0.2) is 0 Å².